The van der Waals surface area contributed by atoms with E-state index in [2.05, 4.69) is 20.4 Å². The Morgan fingerprint density at radius 3 is 2.76 bits per heavy atom. The topological polar surface area (TPSA) is 142 Å². The summed E-state index contributed by atoms with van der Waals surface area (Å²) >= 11 is 2.55. The van der Waals surface area contributed by atoms with Gasteiger partial charge in [0.25, 0.3) is 17.6 Å². The van der Waals surface area contributed by atoms with Gasteiger partial charge in [0.1, 0.15) is 5.00 Å². The summed E-state index contributed by atoms with van der Waals surface area (Å²) in [7, 11) is 0. The molecule has 29 heavy (non-hydrogen) atoms. The average molecular weight is 435 g/mol. The minimum Gasteiger partial charge on any atom is -0.455 e. The van der Waals surface area contributed by atoms with Crippen LogP contribution in [-0.4, -0.2) is 50.2 Å². The summed E-state index contributed by atoms with van der Waals surface area (Å²) in [6.07, 6.45) is 1.80. The highest BCUT2D eigenvalue weighted by Crippen LogP contribution is 2.22. The summed E-state index contributed by atoms with van der Waals surface area (Å²) in [6.45, 7) is 3.11. The first kappa shape index (κ1) is 20.7. The van der Waals surface area contributed by atoms with Crippen molar-refractivity contribution < 1.29 is 19.1 Å². The Morgan fingerprint density at radius 1 is 1.31 bits per heavy atom. The highest BCUT2D eigenvalue weighted by Gasteiger charge is 2.18. The van der Waals surface area contributed by atoms with Gasteiger partial charge in [0, 0.05) is 17.0 Å². The summed E-state index contributed by atoms with van der Waals surface area (Å²) in [5.74, 6) is -1.34. The Bertz CT molecular complexity index is 1110. The molecule has 3 aromatic rings. The molecule has 12 heteroatoms. The summed E-state index contributed by atoms with van der Waals surface area (Å²) in [5.41, 5.74) is 7.47. The van der Waals surface area contributed by atoms with E-state index in [4.69, 9.17) is 10.5 Å². The number of aromatic nitrogens is 4. The van der Waals surface area contributed by atoms with Crippen LogP contribution in [0.5, 0.6) is 0 Å². The third-order valence-electron chi connectivity index (χ3n) is 4.08. The maximum atomic E-state index is 12.2. The van der Waals surface area contributed by atoms with Crippen LogP contribution in [0.1, 0.15) is 27.3 Å². The lowest BCUT2D eigenvalue weighted by atomic mass is 10.1. The van der Waals surface area contributed by atoms with Crippen LogP contribution in [-0.2, 0) is 20.7 Å². The van der Waals surface area contributed by atoms with Gasteiger partial charge in [0.15, 0.2) is 6.61 Å². The number of ether oxygens (including phenoxy) is 1. The van der Waals surface area contributed by atoms with Crippen molar-refractivity contribution in [3.05, 3.63) is 34.0 Å². The highest BCUT2D eigenvalue weighted by molar-refractivity contribution is 7.98. The van der Waals surface area contributed by atoms with E-state index >= 15 is 0 Å². The van der Waals surface area contributed by atoms with E-state index in [0.717, 1.165) is 17.0 Å². The molecule has 2 amide bonds. The third kappa shape index (κ3) is 4.54. The lowest BCUT2D eigenvalue weighted by Crippen LogP contribution is -2.23. The minimum atomic E-state index is -0.648. The molecule has 0 saturated carbocycles. The first-order valence-corrected chi connectivity index (χ1v) is 10.5. The van der Waals surface area contributed by atoms with Crippen molar-refractivity contribution in [2.24, 2.45) is 5.73 Å². The molecule has 3 heterocycles. The van der Waals surface area contributed by atoms with Gasteiger partial charge >= 0.3 is 5.97 Å². The lowest BCUT2D eigenvalue weighted by molar-refractivity contribution is -0.146. The number of fused-ring (bicyclic) bond motifs is 1. The number of thiophene rings is 1. The maximum absolute atomic E-state index is 12.2. The highest BCUT2D eigenvalue weighted by atomic mass is 32.2. The fourth-order valence-corrected chi connectivity index (χ4v) is 3.78. The second-order valence-corrected chi connectivity index (χ2v) is 7.67. The minimum absolute atomic E-state index is 0.0616. The number of nitrogens with two attached hydrogens (primary N) is 1. The first-order chi connectivity index (χ1) is 13.8. The Labute approximate surface area is 173 Å². The standard InChI is InChI=1S/C17H18N6O4S2/c1-8-11(9(2)23-16(19-8)21-17(22-23)28-3)6-13(25)27-7-12(24)20-15-10(14(18)26)4-5-29-15/h4-5H,6-7H2,1-3H3,(H2,18,26)(H,20,24). The van der Waals surface area contributed by atoms with Crippen LogP contribution in [0.15, 0.2) is 16.6 Å². The van der Waals surface area contributed by atoms with Crippen molar-refractivity contribution in [2.45, 2.75) is 25.4 Å². The van der Waals surface area contributed by atoms with Crippen molar-refractivity contribution in [1.82, 2.24) is 19.6 Å². The smallest absolute Gasteiger partial charge is 0.310 e. The third-order valence-corrected chi connectivity index (χ3v) is 5.45. The number of anilines is 1. The summed E-state index contributed by atoms with van der Waals surface area (Å²) < 4.78 is 6.65. The molecule has 152 valence electrons. The van der Waals surface area contributed by atoms with E-state index in [1.165, 1.54) is 17.8 Å². The Morgan fingerprint density at radius 2 is 2.07 bits per heavy atom. The largest absolute Gasteiger partial charge is 0.455 e. The summed E-state index contributed by atoms with van der Waals surface area (Å²) in [6, 6.07) is 1.51. The number of hydrogen-bond donors (Lipinski definition) is 2. The molecule has 0 fully saturated rings. The van der Waals surface area contributed by atoms with Gasteiger partial charge in [-0.2, -0.15) is 4.98 Å². The molecule has 0 aliphatic rings. The van der Waals surface area contributed by atoms with Crippen LogP contribution in [0.3, 0.4) is 0 Å². The quantitative estimate of drug-likeness (QED) is 0.419. The summed E-state index contributed by atoms with van der Waals surface area (Å²) in [5, 5.41) is 9.37. The number of amides is 2. The molecular formula is C17H18N6O4S2. The van der Waals surface area contributed by atoms with Crippen molar-refractivity contribution >= 4 is 51.7 Å². The molecule has 0 radical (unpaired) electrons. The fraction of sp³-hybridized carbons (Fsp3) is 0.294. The summed E-state index contributed by atoms with van der Waals surface area (Å²) in [4.78, 5) is 44.2. The predicted octanol–water partition coefficient (Wildman–Crippen LogP) is 1.35. The Balaban J connectivity index is 1.64. The van der Waals surface area contributed by atoms with E-state index in [9.17, 15) is 14.4 Å². The van der Waals surface area contributed by atoms with Gasteiger partial charge in [-0.05, 0) is 31.5 Å². The molecular weight excluding hydrogens is 416 g/mol. The van der Waals surface area contributed by atoms with Gasteiger partial charge in [-0.1, -0.05) is 11.8 Å². The van der Waals surface area contributed by atoms with Gasteiger partial charge < -0.3 is 15.8 Å². The number of carbonyl (C=O) groups excluding carboxylic acids is 3. The van der Waals surface area contributed by atoms with E-state index < -0.39 is 24.4 Å². The van der Waals surface area contributed by atoms with Crippen LogP contribution in [0.2, 0.25) is 0 Å². The maximum Gasteiger partial charge on any atom is 0.310 e. The number of rotatable bonds is 7. The molecule has 3 N–H and O–H groups in total. The van der Waals surface area contributed by atoms with Gasteiger partial charge in [0.2, 0.25) is 5.16 Å². The number of primary amides is 1. The van der Waals surface area contributed by atoms with Crippen molar-refractivity contribution in [2.75, 3.05) is 18.2 Å². The van der Waals surface area contributed by atoms with E-state index in [0.29, 0.717) is 27.2 Å². The van der Waals surface area contributed by atoms with Crippen molar-refractivity contribution in [3.8, 4) is 0 Å². The number of nitrogens with zero attached hydrogens (tertiary/aromatic N) is 4. The van der Waals surface area contributed by atoms with E-state index in [1.807, 2.05) is 13.2 Å². The number of aryl methyl sites for hydroxylation is 2. The molecule has 10 nitrogen and oxygen atoms in total. The SMILES string of the molecule is CSc1nc2nc(C)c(CC(=O)OCC(=O)Nc3sccc3C(N)=O)c(C)n2n1. The van der Waals surface area contributed by atoms with Gasteiger partial charge in [-0.3, -0.25) is 14.4 Å². The van der Waals surface area contributed by atoms with Gasteiger partial charge in [-0.25, -0.2) is 9.50 Å². The number of esters is 1. The first-order valence-electron chi connectivity index (χ1n) is 8.39. The molecule has 0 spiro atoms. The molecule has 0 saturated heterocycles. The van der Waals surface area contributed by atoms with Crippen molar-refractivity contribution in [3.63, 3.8) is 0 Å². The van der Waals surface area contributed by atoms with Crippen LogP contribution < -0.4 is 11.1 Å². The molecule has 0 aliphatic carbocycles. The van der Waals surface area contributed by atoms with Crippen LogP contribution >= 0.6 is 23.1 Å². The van der Waals surface area contributed by atoms with Crippen LogP contribution in [0.25, 0.3) is 5.78 Å². The zero-order valence-electron chi connectivity index (χ0n) is 15.9. The normalized spacial score (nSPS) is 10.9. The van der Waals surface area contributed by atoms with Gasteiger partial charge in [0.05, 0.1) is 12.0 Å². The van der Waals surface area contributed by atoms with Crippen LogP contribution in [0.4, 0.5) is 5.00 Å². The molecule has 0 aliphatic heterocycles. The van der Waals surface area contributed by atoms with Gasteiger partial charge in [-0.15, -0.1) is 16.4 Å². The van der Waals surface area contributed by atoms with Crippen LogP contribution in [0, 0.1) is 13.8 Å². The second kappa shape index (κ2) is 8.57. The molecule has 0 aromatic carbocycles. The molecule has 0 bridgehead atoms. The number of thioether (sulfide) groups is 1. The average Bonchev–Trinajstić information content (AvgIpc) is 3.30. The molecule has 0 atom stereocenters. The Hall–Kier alpha value is -2.99. The van der Waals surface area contributed by atoms with Crippen molar-refractivity contribution in [1.29, 1.82) is 0 Å². The molecule has 3 aromatic heterocycles. The zero-order valence-corrected chi connectivity index (χ0v) is 17.5. The Kier molecular flexibility index (Phi) is 6.13. The van der Waals surface area contributed by atoms with E-state index in [1.54, 1.807) is 16.8 Å². The number of carbonyl (C=O) groups is 3. The zero-order chi connectivity index (χ0) is 21.1. The number of nitrogens with one attached hydrogen (secondary N) is 1. The van der Waals surface area contributed by atoms with E-state index in [-0.39, 0.29) is 12.0 Å². The molecule has 3 rings (SSSR count). The predicted molar refractivity (Wildman–Crippen MR) is 108 cm³/mol. The molecule has 0 unspecified atom stereocenters. The lowest BCUT2D eigenvalue weighted by Gasteiger charge is -2.10. The fourth-order valence-electron chi connectivity index (χ4n) is 2.64. The second-order valence-electron chi connectivity index (χ2n) is 5.98. The number of hydrogen-bond acceptors (Lipinski definition) is 9. The monoisotopic (exact) mass is 434 g/mol.